The number of methoxy groups -OCH3 is 1. The fraction of sp³-hybridized carbons (Fsp3) is 0.188. The van der Waals surface area contributed by atoms with Crippen molar-refractivity contribution in [2.45, 2.75) is 6.92 Å². The van der Waals surface area contributed by atoms with Gasteiger partial charge in [0, 0.05) is 11.0 Å². The molecule has 2 N–H and O–H groups in total. The molecule has 2 aliphatic heterocycles. The van der Waals surface area contributed by atoms with E-state index in [1.165, 1.54) is 18.2 Å². The molecule has 0 amide bonds. The minimum atomic E-state index is -1.15. The Labute approximate surface area is 135 Å². The van der Waals surface area contributed by atoms with Crippen molar-refractivity contribution in [3.8, 4) is 11.5 Å². The fourth-order valence-electron chi connectivity index (χ4n) is 1.99. The summed E-state index contributed by atoms with van der Waals surface area (Å²) in [4.78, 5) is 12.1. The summed E-state index contributed by atoms with van der Waals surface area (Å²) in [6, 6.07) is 4.10. The number of aromatic carboxylic acids is 1. The predicted molar refractivity (Wildman–Crippen MR) is 85.6 cm³/mol. The molecule has 1 aromatic carbocycles. The first-order chi connectivity index (χ1) is 11.0. The fourth-order valence-corrected chi connectivity index (χ4v) is 3.17. The van der Waals surface area contributed by atoms with Gasteiger partial charge < -0.3 is 19.7 Å². The van der Waals surface area contributed by atoms with Crippen molar-refractivity contribution in [1.29, 1.82) is 0 Å². The number of hydrogen-bond donors (Lipinski definition) is 2. The highest BCUT2D eigenvalue weighted by atomic mass is 32.2. The van der Waals surface area contributed by atoms with Gasteiger partial charge in [-0.3, -0.25) is 0 Å². The Balaban J connectivity index is 0.000000172. The Bertz CT molecular complexity index is 745. The molecule has 1 atom stereocenters. The van der Waals surface area contributed by atoms with Crippen LogP contribution in [-0.2, 0) is 15.5 Å². The Morgan fingerprint density at radius 2 is 2.04 bits per heavy atom. The van der Waals surface area contributed by atoms with Gasteiger partial charge >= 0.3 is 5.97 Å². The van der Waals surface area contributed by atoms with Gasteiger partial charge in [0.2, 0.25) is 0 Å². The van der Waals surface area contributed by atoms with Gasteiger partial charge in [-0.2, -0.15) is 0 Å². The highest BCUT2D eigenvalue weighted by Gasteiger charge is 2.26. The van der Waals surface area contributed by atoms with E-state index in [4.69, 9.17) is 14.6 Å². The highest BCUT2D eigenvalue weighted by Crippen LogP contribution is 2.33. The zero-order chi connectivity index (χ0) is 17.0. The van der Waals surface area contributed by atoms with E-state index in [1.807, 2.05) is 25.2 Å². The van der Waals surface area contributed by atoms with Gasteiger partial charge in [-0.25, -0.2) is 9.00 Å². The summed E-state index contributed by atoms with van der Waals surface area (Å²) in [6.45, 7) is 2.29. The van der Waals surface area contributed by atoms with Gasteiger partial charge in [0.25, 0.3) is 0 Å². The number of carbonyl (C=O) groups is 1. The smallest absolute Gasteiger partial charge is 0.339 e. The number of phenols is 1. The first-order valence-corrected chi connectivity index (χ1v) is 7.91. The van der Waals surface area contributed by atoms with Crippen LogP contribution in [0.3, 0.4) is 0 Å². The summed E-state index contributed by atoms with van der Waals surface area (Å²) in [5.74, 6) is -0.222. The topological polar surface area (TPSA) is 93.1 Å². The Morgan fingerprint density at radius 1 is 1.30 bits per heavy atom. The molecule has 2 aliphatic rings. The molecule has 2 bridgehead atoms. The van der Waals surface area contributed by atoms with Crippen LogP contribution in [0.25, 0.3) is 0 Å². The monoisotopic (exact) mass is 336 g/mol. The second-order valence-corrected chi connectivity index (χ2v) is 5.95. The molecule has 1 unspecified atom stereocenters. The molecule has 1 aromatic rings. The summed E-state index contributed by atoms with van der Waals surface area (Å²) >= 11 is 0. The summed E-state index contributed by atoms with van der Waals surface area (Å²) in [7, 11) is 0.662. The Morgan fingerprint density at radius 3 is 2.43 bits per heavy atom. The third kappa shape index (κ3) is 3.62. The van der Waals surface area contributed by atoms with E-state index in [0.717, 1.165) is 15.6 Å². The zero-order valence-corrected chi connectivity index (χ0v) is 13.4. The maximum atomic E-state index is 11.2. The van der Waals surface area contributed by atoms with Gasteiger partial charge in [-0.05, 0) is 37.3 Å². The molecule has 0 spiro atoms. The molecule has 122 valence electrons. The normalized spacial score (nSPS) is 17.5. The predicted octanol–water partition coefficient (Wildman–Crippen LogP) is 2.55. The van der Waals surface area contributed by atoms with Crippen LogP contribution in [0.5, 0.6) is 11.5 Å². The standard InChI is InChI=1S/C9H10O4.C7H6O2S/c1-2-13-6-3-4-7(9(11)12)8(10)5-6;1-9-6-4-5-2-3-7(6)10(5)8/h3-5,10H,2H2,1H3,(H,11,12);2-4H,1H3. The number of carboxylic acids is 1. The third-order valence-corrected chi connectivity index (χ3v) is 4.48. The molecule has 0 fully saturated rings. The second-order valence-electron chi connectivity index (χ2n) is 4.50. The van der Waals surface area contributed by atoms with Crippen LogP contribution in [0.2, 0.25) is 0 Å². The average Bonchev–Trinajstić information content (AvgIpc) is 3.03. The number of hydrogen-bond acceptors (Lipinski definition) is 5. The van der Waals surface area contributed by atoms with Gasteiger partial charge in [0.15, 0.2) is 0 Å². The third-order valence-electron chi connectivity index (χ3n) is 3.06. The minimum absolute atomic E-state index is 0.122. The average molecular weight is 336 g/mol. The summed E-state index contributed by atoms with van der Waals surface area (Å²) in [6.07, 6.45) is 5.50. The molecule has 0 saturated heterocycles. The first kappa shape index (κ1) is 16.8. The maximum Gasteiger partial charge on any atom is 0.339 e. The van der Waals surface area contributed by atoms with Gasteiger partial charge in [-0.15, -0.1) is 0 Å². The molecular weight excluding hydrogens is 320 g/mol. The van der Waals surface area contributed by atoms with Crippen molar-refractivity contribution < 1.29 is 28.7 Å². The molecular formula is C16H16O6S. The van der Waals surface area contributed by atoms with Crippen LogP contribution in [0.4, 0.5) is 0 Å². The number of carboxylic acid groups (broad SMARTS) is 1. The Kier molecular flexibility index (Phi) is 5.23. The quantitative estimate of drug-likeness (QED) is 0.878. The van der Waals surface area contributed by atoms with E-state index in [9.17, 15) is 14.1 Å². The van der Waals surface area contributed by atoms with Crippen molar-refractivity contribution in [3.05, 3.63) is 57.6 Å². The molecule has 0 aliphatic carbocycles. The largest absolute Gasteiger partial charge is 0.507 e. The second kappa shape index (κ2) is 7.15. The molecule has 7 heteroatoms. The zero-order valence-electron chi connectivity index (χ0n) is 12.6. The number of allylic oxidation sites excluding steroid dienone is 3. The van der Waals surface area contributed by atoms with Crippen molar-refractivity contribution in [2.75, 3.05) is 13.7 Å². The number of benzene rings is 1. The van der Waals surface area contributed by atoms with Crippen molar-refractivity contribution in [2.24, 2.45) is 0 Å². The number of fused-ring (bicyclic) bond motifs is 2. The summed E-state index contributed by atoms with van der Waals surface area (Å²) in [5, 5.41) is 17.8. The molecule has 23 heavy (non-hydrogen) atoms. The van der Waals surface area contributed by atoms with Crippen molar-refractivity contribution in [3.63, 3.8) is 0 Å². The summed E-state index contributed by atoms with van der Waals surface area (Å²) < 4.78 is 21.2. The lowest BCUT2D eigenvalue weighted by Gasteiger charge is -2.04. The van der Waals surface area contributed by atoms with Crippen molar-refractivity contribution >= 4 is 16.8 Å². The van der Waals surface area contributed by atoms with Crippen LogP contribution >= 0.6 is 0 Å². The minimum Gasteiger partial charge on any atom is -0.507 e. The van der Waals surface area contributed by atoms with Crippen molar-refractivity contribution in [1.82, 2.24) is 0 Å². The summed E-state index contributed by atoms with van der Waals surface area (Å²) in [5.41, 5.74) is -0.122. The van der Waals surface area contributed by atoms with E-state index in [-0.39, 0.29) is 11.3 Å². The number of rotatable bonds is 4. The highest BCUT2D eigenvalue weighted by molar-refractivity contribution is 7.94. The van der Waals surface area contributed by atoms with Crippen LogP contribution < -0.4 is 4.74 Å². The lowest BCUT2D eigenvalue weighted by Crippen LogP contribution is -1.97. The van der Waals surface area contributed by atoms with Gasteiger partial charge in [-0.1, -0.05) is 0 Å². The van der Waals surface area contributed by atoms with E-state index in [1.54, 1.807) is 7.11 Å². The Hall–Kier alpha value is -2.54. The molecule has 0 aromatic heterocycles. The van der Waals surface area contributed by atoms with E-state index in [2.05, 4.69) is 0 Å². The first-order valence-electron chi connectivity index (χ1n) is 6.76. The molecule has 0 saturated carbocycles. The lowest BCUT2D eigenvalue weighted by molar-refractivity contribution is 0.0693. The van der Waals surface area contributed by atoms with E-state index < -0.39 is 16.8 Å². The van der Waals surface area contributed by atoms with Crippen LogP contribution in [0.15, 0.2) is 52.0 Å². The van der Waals surface area contributed by atoms with Crippen LogP contribution in [0, 0.1) is 0 Å². The van der Waals surface area contributed by atoms with E-state index >= 15 is 0 Å². The van der Waals surface area contributed by atoms with E-state index in [0.29, 0.717) is 12.4 Å². The SMILES string of the molecule is CCOc1ccc(C(=O)O)c(O)c1.COC1=C2C=CC(=C1)S2=O. The van der Waals surface area contributed by atoms with Crippen LogP contribution in [0.1, 0.15) is 17.3 Å². The lowest BCUT2D eigenvalue weighted by atomic mass is 10.2. The molecule has 3 rings (SSSR count). The number of aromatic hydroxyl groups is 1. The molecule has 0 radical (unpaired) electrons. The van der Waals surface area contributed by atoms with Gasteiger partial charge in [0.05, 0.1) is 29.4 Å². The van der Waals surface area contributed by atoms with Crippen LogP contribution in [-0.4, -0.2) is 34.1 Å². The number of ether oxygens (including phenoxy) is 2. The molecule has 6 nitrogen and oxygen atoms in total. The maximum absolute atomic E-state index is 11.2. The van der Waals surface area contributed by atoms with Gasteiger partial charge in [0.1, 0.15) is 22.8 Å². The molecule has 2 heterocycles.